The largest absolute Gasteiger partial charge is 0.508 e. The van der Waals surface area contributed by atoms with E-state index in [-0.39, 0.29) is 11.0 Å². The van der Waals surface area contributed by atoms with Gasteiger partial charge in [0.05, 0.1) is 6.54 Å². The molecule has 0 fully saturated rings. The number of rotatable bonds is 11. The van der Waals surface area contributed by atoms with E-state index < -0.39 is 0 Å². The zero-order valence-corrected chi connectivity index (χ0v) is 18.1. The Morgan fingerprint density at radius 1 is 0.767 bits per heavy atom. The van der Waals surface area contributed by atoms with Gasteiger partial charge in [-0.3, -0.25) is 0 Å². The maximum atomic E-state index is 9.32. The first-order chi connectivity index (χ1) is 14.6. The summed E-state index contributed by atoms with van der Waals surface area (Å²) < 4.78 is 0. The van der Waals surface area contributed by atoms with E-state index in [1.54, 1.807) is 12.1 Å². The number of aryl methyl sites for hydroxylation is 1. The van der Waals surface area contributed by atoms with Gasteiger partial charge < -0.3 is 15.7 Å². The van der Waals surface area contributed by atoms with Crippen LogP contribution in [0.15, 0.2) is 48.5 Å². The summed E-state index contributed by atoms with van der Waals surface area (Å²) in [6, 6.07) is 15.1. The number of halogens is 2. The Hall–Kier alpha value is -2.41. The minimum absolute atomic E-state index is 0.184. The summed E-state index contributed by atoms with van der Waals surface area (Å²) in [5, 5.41) is 16.8. The van der Waals surface area contributed by atoms with Crippen molar-refractivity contribution in [2.24, 2.45) is 0 Å². The monoisotopic (exact) mass is 445 g/mol. The second kappa shape index (κ2) is 11.7. The van der Waals surface area contributed by atoms with Crippen LogP contribution in [0.25, 0.3) is 0 Å². The van der Waals surface area contributed by atoms with Crippen LogP contribution in [-0.2, 0) is 19.4 Å². The second-order valence-corrected chi connectivity index (χ2v) is 7.72. The number of nitrogens with one attached hydrogen (secondary N) is 2. The van der Waals surface area contributed by atoms with Crippen molar-refractivity contribution >= 4 is 29.2 Å². The van der Waals surface area contributed by atoms with Gasteiger partial charge in [0.25, 0.3) is 0 Å². The van der Waals surface area contributed by atoms with Crippen LogP contribution in [0.1, 0.15) is 29.8 Å². The zero-order chi connectivity index (χ0) is 21.2. The summed E-state index contributed by atoms with van der Waals surface area (Å²) >= 11 is 12.0. The fourth-order valence-corrected chi connectivity index (χ4v) is 3.25. The topological polar surface area (TPSA) is 83.0 Å². The van der Waals surface area contributed by atoms with E-state index in [0.29, 0.717) is 18.3 Å². The molecule has 0 bridgehead atoms. The van der Waals surface area contributed by atoms with Gasteiger partial charge in [-0.2, -0.15) is 9.97 Å². The van der Waals surface area contributed by atoms with Crippen molar-refractivity contribution in [1.29, 1.82) is 0 Å². The normalized spacial score (nSPS) is 10.9. The van der Waals surface area contributed by atoms with E-state index >= 15 is 0 Å². The molecule has 2 aromatic carbocycles. The van der Waals surface area contributed by atoms with Crippen molar-refractivity contribution < 1.29 is 5.11 Å². The lowest BCUT2D eigenvalue weighted by Crippen LogP contribution is -2.19. The molecule has 3 rings (SSSR count). The molecule has 0 aliphatic heterocycles. The SMILES string of the molecule is Oc1ccc(CCNCc2nc(Cl)nc(NCCCCc3ccc(Cl)cc3)n2)cc1. The molecule has 0 aliphatic carbocycles. The highest BCUT2D eigenvalue weighted by Gasteiger charge is 2.05. The first-order valence-electron chi connectivity index (χ1n) is 9.96. The first kappa shape index (κ1) is 22.3. The Kier molecular flexibility index (Phi) is 8.68. The Morgan fingerprint density at radius 3 is 2.23 bits per heavy atom. The van der Waals surface area contributed by atoms with Gasteiger partial charge in [0.1, 0.15) is 11.6 Å². The lowest BCUT2D eigenvalue weighted by atomic mass is 10.1. The molecule has 0 spiro atoms. The Labute approximate surface area is 186 Å². The lowest BCUT2D eigenvalue weighted by molar-refractivity contribution is 0.475. The standard InChI is InChI=1S/C22H25Cl2N5O/c23-18-8-4-16(5-9-18)3-1-2-13-26-22-28-20(27-21(24)29-22)15-25-14-12-17-6-10-19(30)11-7-17/h4-11,25,30H,1-3,12-15H2,(H,26,27,28,29). The predicted octanol–water partition coefficient (Wildman–Crippen LogP) is 4.65. The van der Waals surface area contributed by atoms with Crippen molar-refractivity contribution in [3.05, 3.63) is 75.8 Å². The molecule has 30 heavy (non-hydrogen) atoms. The molecule has 0 atom stereocenters. The molecule has 0 amide bonds. The second-order valence-electron chi connectivity index (χ2n) is 6.95. The number of aromatic hydroxyl groups is 1. The molecule has 3 aromatic rings. The molecule has 6 nitrogen and oxygen atoms in total. The van der Waals surface area contributed by atoms with E-state index in [1.807, 2.05) is 24.3 Å². The number of aromatic nitrogens is 3. The van der Waals surface area contributed by atoms with Crippen molar-refractivity contribution in [3.63, 3.8) is 0 Å². The van der Waals surface area contributed by atoms with Crippen LogP contribution in [0.5, 0.6) is 5.75 Å². The zero-order valence-electron chi connectivity index (χ0n) is 16.6. The van der Waals surface area contributed by atoms with E-state index in [9.17, 15) is 5.11 Å². The predicted molar refractivity (Wildman–Crippen MR) is 121 cm³/mol. The third kappa shape index (κ3) is 7.78. The van der Waals surface area contributed by atoms with Crippen LogP contribution in [0.3, 0.4) is 0 Å². The van der Waals surface area contributed by atoms with Crippen molar-refractivity contribution in [1.82, 2.24) is 20.3 Å². The highest BCUT2D eigenvalue weighted by Crippen LogP contribution is 2.12. The average Bonchev–Trinajstić information content (AvgIpc) is 2.73. The summed E-state index contributed by atoms with van der Waals surface area (Å²) in [7, 11) is 0. The lowest BCUT2D eigenvalue weighted by Gasteiger charge is -2.08. The molecule has 0 unspecified atom stereocenters. The number of benzene rings is 2. The third-order valence-electron chi connectivity index (χ3n) is 4.55. The van der Waals surface area contributed by atoms with E-state index in [4.69, 9.17) is 23.2 Å². The number of nitrogens with zero attached hydrogens (tertiary/aromatic N) is 3. The summed E-state index contributed by atoms with van der Waals surface area (Å²) in [6.07, 6.45) is 3.90. The smallest absolute Gasteiger partial charge is 0.227 e. The van der Waals surface area contributed by atoms with Gasteiger partial charge in [0.2, 0.25) is 11.2 Å². The summed E-state index contributed by atoms with van der Waals surface area (Å²) in [5.74, 6) is 1.37. The molecule has 1 aromatic heterocycles. The van der Waals surface area contributed by atoms with Crippen molar-refractivity contribution in [2.75, 3.05) is 18.4 Å². The Balaban J connectivity index is 1.37. The van der Waals surface area contributed by atoms with Gasteiger partial charge in [-0.05, 0) is 79.2 Å². The molecule has 0 saturated carbocycles. The minimum Gasteiger partial charge on any atom is -0.508 e. The van der Waals surface area contributed by atoms with E-state index in [2.05, 4.69) is 37.7 Å². The number of hydrogen-bond donors (Lipinski definition) is 3. The molecular weight excluding hydrogens is 421 g/mol. The summed E-state index contributed by atoms with van der Waals surface area (Å²) in [4.78, 5) is 12.8. The molecule has 0 radical (unpaired) electrons. The number of phenols is 1. The maximum absolute atomic E-state index is 9.32. The third-order valence-corrected chi connectivity index (χ3v) is 4.97. The van der Waals surface area contributed by atoms with Gasteiger partial charge in [-0.25, -0.2) is 4.98 Å². The maximum Gasteiger partial charge on any atom is 0.227 e. The van der Waals surface area contributed by atoms with Crippen LogP contribution >= 0.6 is 23.2 Å². The summed E-state index contributed by atoms with van der Waals surface area (Å²) in [5.41, 5.74) is 2.43. The molecule has 158 valence electrons. The van der Waals surface area contributed by atoms with Crippen LogP contribution in [0.4, 0.5) is 5.95 Å². The van der Waals surface area contributed by atoms with Crippen LogP contribution in [0, 0.1) is 0 Å². The van der Waals surface area contributed by atoms with Gasteiger partial charge in [0, 0.05) is 11.6 Å². The molecular formula is C22H25Cl2N5O. The molecule has 0 saturated heterocycles. The molecule has 1 heterocycles. The fraction of sp³-hybridized carbons (Fsp3) is 0.318. The molecule has 0 aliphatic rings. The average molecular weight is 446 g/mol. The molecule has 8 heteroatoms. The summed E-state index contributed by atoms with van der Waals surface area (Å²) in [6.45, 7) is 2.04. The van der Waals surface area contributed by atoms with Crippen molar-refractivity contribution in [3.8, 4) is 5.75 Å². The van der Waals surface area contributed by atoms with Gasteiger partial charge >= 0.3 is 0 Å². The van der Waals surface area contributed by atoms with Crippen LogP contribution in [0.2, 0.25) is 10.3 Å². The Bertz CT molecular complexity index is 920. The highest BCUT2D eigenvalue weighted by molar-refractivity contribution is 6.30. The fourth-order valence-electron chi connectivity index (χ4n) is 2.95. The van der Waals surface area contributed by atoms with E-state index in [1.165, 1.54) is 5.56 Å². The molecule has 3 N–H and O–H groups in total. The Morgan fingerprint density at radius 2 is 1.47 bits per heavy atom. The van der Waals surface area contributed by atoms with E-state index in [0.717, 1.165) is 49.4 Å². The van der Waals surface area contributed by atoms with Gasteiger partial charge in [0.15, 0.2) is 0 Å². The minimum atomic E-state index is 0.184. The van der Waals surface area contributed by atoms with Gasteiger partial charge in [-0.1, -0.05) is 35.9 Å². The number of phenolic OH excluding ortho intramolecular Hbond substituents is 1. The quantitative estimate of drug-likeness (QED) is 0.372. The first-order valence-corrected chi connectivity index (χ1v) is 10.7. The number of unbranched alkanes of at least 4 members (excludes halogenated alkanes) is 1. The highest BCUT2D eigenvalue weighted by atomic mass is 35.5. The number of anilines is 1. The van der Waals surface area contributed by atoms with Crippen LogP contribution in [-0.4, -0.2) is 33.1 Å². The van der Waals surface area contributed by atoms with Crippen molar-refractivity contribution in [2.45, 2.75) is 32.2 Å². The number of hydrogen-bond acceptors (Lipinski definition) is 6. The van der Waals surface area contributed by atoms with Gasteiger partial charge in [-0.15, -0.1) is 0 Å². The van der Waals surface area contributed by atoms with Crippen LogP contribution < -0.4 is 10.6 Å².